The number of benzene rings is 2. The van der Waals surface area contributed by atoms with Crippen LogP contribution in [-0.4, -0.2) is 64.5 Å². The van der Waals surface area contributed by atoms with E-state index < -0.39 is 28.8 Å². The Kier molecular flexibility index (Phi) is 6.86. The van der Waals surface area contributed by atoms with Gasteiger partial charge in [0.15, 0.2) is 12.4 Å². The number of hydrogen-bond acceptors (Lipinski definition) is 6. The summed E-state index contributed by atoms with van der Waals surface area (Å²) in [6.07, 6.45) is 0. The molecule has 9 nitrogen and oxygen atoms in total. The summed E-state index contributed by atoms with van der Waals surface area (Å²) in [6, 6.07) is 11.3. The van der Waals surface area contributed by atoms with Crippen molar-refractivity contribution in [3.8, 4) is 5.75 Å². The summed E-state index contributed by atoms with van der Waals surface area (Å²) < 4.78 is 5.32. The van der Waals surface area contributed by atoms with E-state index in [9.17, 15) is 19.7 Å². The van der Waals surface area contributed by atoms with Crippen molar-refractivity contribution in [3.05, 3.63) is 68.7 Å². The van der Waals surface area contributed by atoms with Crippen LogP contribution in [-0.2, 0) is 11.3 Å². The molecular formula is C20H20ClN3O6. The van der Waals surface area contributed by atoms with Crippen LogP contribution in [0.15, 0.2) is 42.5 Å². The Bertz CT molecular complexity index is 942. The Morgan fingerprint density at radius 3 is 2.37 bits per heavy atom. The van der Waals surface area contributed by atoms with Crippen LogP contribution < -0.4 is 4.74 Å². The van der Waals surface area contributed by atoms with Gasteiger partial charge in [-0.05, 0) is 29.8 Å². The maximum Gasteiger partial charge on any atom is 0.342 e. The van der Waals surface area contributed by atoms with Crippen molar-refractivity contribution in [2.24, 2.45) is 0 Å². The molecule has 158 valence electrons. The number of halogens is 1. The predicted molar refractivity (Wildman–Crippen MR) is 109 cm³/mol. The average molecular weight is 434 g/mol. The number of piperazine rings is 1. The number of ether oxygens (including phenoxy) is 1. The number of rotatable bonds is 7. The molecular weight excluding hydrogens is 414 g/mol. The van der Waals surface area contributed by atoms with Crippen molar-refractivity contribution < 1.29 is 24.4 Å². The van der Waals surface area contributed by atoms with E-state index in [1.54, 1.807) is 4.90 Å². The fraction of sp³-hybridized carbons (Fsp3) is 0.300. The summed E-state index contributed by atoms with van der Waals surface area (Å²) in [7, 11) is 0. The molecule has 0 aliphatic carbocycles. The van der Waals surface area contributed by atoms with Gasteiger partial charge in [0.05, 0.1) is 4.92 Å². The second kappa shape index (κ2) is 9.55. The van der Waals surface area contributed by atoms with E-state index >= 15 is 0 Å². The van der Waals surface area contributed by atoms with E-state index in [4.69, 9.17) is 21.4 Å². The Morgan fingerprint density at radius 1 is 1.10 bits per heavy atom. The van der Waals surface area contributed by atoms with Gasteiger partial charge in [-0.15, -0.1) is 0 Å². The Balaban J connectivity index is 1.54. The molecule has 0 radical (unpaired) electrons. The van der Waals surface area contributed by atoms with Crippen molar-refractivity contribution in [2.45, 2.75) is 6.54 Å². The lowest BCUT2D eigenvalue weighted by molar-refractivity contribution is -0.386. The van der Waals surface area contributed by atoms with Gasteiger partial charge in [-0.2, -0.15) is 0 Å². The van der Waals surface area contributed by atoms with Gasteiger partial charge < -0.3 is 14.7 Å². The Morgan fingerprint density at radius 2 is 1.77 bits per heavy atom. The van der Waals surface area contributed by atoms with Gasteiger partial charge in [-0.3, -0.25) is 19.8 Å². The van der Waals surface area contributed by atoms with E-state index in [0.29, 0.717) is 31.2 Å². The zero-order valence-electron chi connectivity index (χ0n) is 16.0. The van der Waals surface area contributed by atoms with Gasteiger partial charge >= 0.3 is 11.7 Å². The molecule has 1 N–H and O–H groups in total. The summed E-state index contributed by atoms with van der Waals surface area (Å²) in [5, 5.41) is 21.1. The summed E-state index contributed by atoms with van der Waals surface area (Å²) in [4.78, 5) is 37.9. The fourth-order valence-electron chi connectivity index (χ4n) is 3.23. The number of nitro benzene ring substituents is 1. The number of carboxylic acid groups (broad SMARTS) is 1. The third-order valence-electron chi connectivity index (χ3n) is 4.81. The van der Waals surface area contributed by atoms with Crippen LogP contribution in [0.2, 0.25) is 5.02 Å². The zero-order valence-corrected chi connectivity index (χ0v) is 16.7. The first-order valence-electron chi connectivity index (χ1n) is 9.23. The smallest absolute Gasteiger partial charge is 0.342 e. The number of carbonyl (C=O) groups excluding carboxylic acids is 1. The second-order valence-electron chi connectivity index (χ2n) is 6.79. The first-order chi connectivity index (χ1) is 14.3. The number of nitrogens with zero attached hydrogens (tertiary/aromatic N) is 3. The summed E-state index contributed by atoms with van der Waals surface area (Å²) in [6.45, 7) is 2.73. The van der Waals surface area contributed by atoms with Crippen LogP contribution >= 0.6 is 11.6 Å². The van der Waals surface area contributed by atoms with E-state index in [-0.39, 0.29) is 11.7 Å². The molecule has 0 bridgehead atoms. The highest BCUT2D eigenvalue weighted by atomic mass is 35.5. The SMILES string of the molecule is O=C(O)c1cccc(OCC(=O)N2CCN(Cc3ccc(Cl)cc3)CC2)c1[N+](=O)[O-]. The van der Waals surface area contributed by atoms with E-state index in [1.165, 1.54) is 12.1 Å². The molecule has 1 amide bonds. The van der Waals surface area contributed by atoms with Crippen molar-refractivity contribution >= 4 is 29.2 Å². The first kappa shape index (κ1) is 21.5. The molecule has 0 saturated carbocycles. The minimum absolute atomic E-state index is 0.241. The topological polar surface area (TPSA) is 113 Å². The molecule has 1 aliphatic heterocycles. The monoisotopic (exact) mass is 433 g/mol. The highest BCUT2D eigenvalue weighted by molar-refractivity contribution is 6.30. The molecule has 1 fully saturated rings. The van der Waals surface area contributed by atoms with E-state index in [1.807, 2.05) is 24.3 Å². The standard InChI is InChI=1S/C20H20ClN3O6/c21-15-6-4-14(5-7-15)12-22-8-10-23(11-9-22)18(25)13-30-17-3-1-2-16(20(26)27)19(17)24(28)29/h1-7H,8-13H2,(H,26,27). The van der Waals surface area contributed by atoms with Crippen LogP contribution in [0.3, 0.4) is 0 Å². The van der Waals surface area contributed by atoms with Gasteiger partial charge in [0.2, 0.25) is 0 Å². The summed E-state index contributed by atoms with van der Waals surface area (Å²) in [5.41, 5.74) is -0.0144. The lowest BCUT2D eigenvalue weighted by atomic mass is 10.1. The fourth-order valence-corrected chi connectivity index (χ4v) is 3.36. The second-order valence-corrected chi connectivity index (χ2v) is 7.22. The molecule has 1 aliphatic rings. The van der Waals surface area contributed by atoms with Gasteiger partial charge in [-0.25, -0.2) is 4.79 Å². The third-order valence-corrected chi connectivity index (χ3v) is 5.06. The predicted octanol–water partition coefficient (Wildman–Crippen LogP) is 2.67. The molecule has 0 unspecified atom stereocenters. The Labute approximate surface area is 177 Å². The molecule has 2 aromatic rings. The number of carboxylic acids is 1. The third kappa shape index (κ3) is 5.25. The van der Waals surface area contributed by atoms with Gasteiger partial charge in [0.1, 0.15) is 5.56 Å². The van der Waals surface area contributed by atoms with E-state index in [2.05, 4.69) is 4.90 Å². The molecule has 10 heteroatoms. The number of hydrogen-bond donors (Lipinski definition) is 1. The van der Waals surface area contributed by atoms with Gasteiger partial charge in [0, 0.05) is 37.7 Å². The van der Waals surface area contributed by atoms with Crippen molar-refractivity contribution in [3.63, 3.8) is 0 Å². The number of nitro groups is 1. The molecule has 1 saturated heterocycles. The summed E-state index contributed by atoms with van der Waals surface area (Å²) >= 11 is 5.90. The van der Waals surface area contributed by atoms with Crippen LogP contribution in [0.25, 0.3) is 0 Å². The average Bonchev–Trinajstić information content (AvgIpc) is 2.73. The minimum Gasteiger partial charge on any atom is -0.477 e. The van der Waals surface area contributed by atoms with Crippen LogP contribution in [0, 0.1) is 10.1 Å². The molecule has 1 heterocycles. The highest BCUT2D eigenvalue weighted by Gasteiger charge is 2.27. The minimum atomic E-state index is -1.43. The first-order valence-corrected chi connectivity index (χ1v) is 9.61. The quantitative estimate of drug-likeness (QED) is 0.527. The number of carbonyl (C=O) groups is 2. The zero-order chi connectivity index (χ0) is 21.7. The Hall–Kier alpha value is -3.17. The van der Waals surface area contributed by atoms with Gasteiger partial charge in [0.25, 0.3) is 5.91 Å². The molecule has 2 aromatic carbocycles. The van der Waals surface area contributed by atoms with Crippen molar-refractivity contribution in [1.82, 2.24) is 9.80 Å². The van der Waals surface area contributed by atoms with Crippen LogP contribution in [0.1, 0.15) is 15.9 Å². The van der Waals surface area contributed by atoms with Crippen molar-refractivity contribution in [2.75, 3.05) is 32.8 Å². The van der Waals surface area contributed by atoms with Gasteiger partial charge in [-0.1, -0.05) is 29.8 Å². The normalized spacial score (nSPS) is 14.4. The van der Waals surface area contributed by atoms with Crippen LogP contribution in [0.4, 0.5) is 5.69 Å². The van der Waals surface area contributed by atoms with Crippen molar-refractivity contribution in [1.29, 1.82) is 0 Å². The molecule has 0 atom stereocenters. The maximum absolute atomic E-state index is 12.5. The number of para-hydroxylation sites is 1. The molecule has 0 spiro atoms. The molecule has 30 heavy (non-hydrogen) atoms. The van der Waals surface area contributed by atoms with Crippen LogP contribution in [0.5, 0.6) is 5.75 Å². The largest absolute Gasteiger partial charge is 0.477 e. The molecule has 0 aromatic heterocycles. The summed E-state index contributed by atoms with van der Waals surface area (Å²) in [5.74, 6) is -1.99. The molecule has 3 rings (SSSR count). The maximum atomic E-state index is 12.5. The highest BCUT2D eigenvalue weighted by Crippen LogP contribution is 2.30. The lowest BCUT2D eigenvalue weighted by Crippen LogP contribution is -2.49. The number of aromatic carboxylic acids is 1. The lowest BCUT2D eigenvalue weighted by Gasteiger charge is -2.34. The van der Waals surface area contributed by atoms with E-state index in [0.717, 1.165) is 18.2 Å². The number of amides is 1.